The number of nitrogens with zero attached hydrogens (tertiary/aromatic N) is 4. The van der Waals surface area contributed by atoms with Crippen molar-refractivity contribution in [1.82, 2.24) is 24.8 Å². The normalized spacial score (nSPS) is 14.5. The van der Waals surface area contributed by atoms with Gasteiger partial charge in [-0.15, -0.1) is 0 Å². The minimum absolute atomic E-state index is 0.755. The van der Waals surface area contributed by atoms with Crippen molar-refractivity contribution < 1.29 is 0 Å². The molecule has 0 atom stereocenters. The van der Waals surface area contributed by atoms with E-state index in [0.717, 1.165) is 43.1 Å². The summed E-state index contributed by atoms with van der Waals surface area (Å²) in [7, 11) is 0. The molecule has 1 aliphatic heterocycles. The van der Waals surface area contributed by atoms with Crippen molar-refractivity contribution in [2.24, 2.45) is 0 Å². The quantitative estimate of drug-likeness (QED) is 0.619. The van der Waals surface area contributed by atoms with Gasteiger partial charge >= 0.3 is 0 Å². The van der Waals surface area contributed by atoms with Gasteiger partial charge in [-0.25, -0.2) is 9.97 Å². The van der Waals surface area contributed by atoms with E-state index in [1.54, 1.807) is 6.20 Å². The van der Waals surface area contributed by atoms with Gasteiger partial charge in [0.25, 0.3) is 0 Å². The standard InChI is InChI=1S/C21H19N5/c1-2-6-19-18(5-1)17(12-23-19)13-26-9-7-15-11-24-21(25-20(15)14-26)16-4-3-8-22-10-16/h1-6,8,10-12,23H,7,9,13-14H2. The molecule has 0 radical (unpaired) electrons. The molecular weight excluding hydrogens is 322 g/mol. The maximum absolute atomic E-state index is 4.82. The third-order valence-electron chi connectivity index (χ3n) is 5.01. The van der Waals surface area contributed by atoms with Gasteiger partial charge in [0.2, 0.25) is 0 Å². The predicted molar refractivity (Wildman–Crippen MR) is 101 cm³/mol. The molecule has 0 bridgehead atoms. The average molecular weight is 341 g/mol. The fourth-order valence-electron chi connectivity index (χ4n) is 3.63. The number of benzene rings is 1. The third kappa shape index (κ3) is 2.76. The number of rotatable bonds is 3. The van der Waals surface area contributed by atoms with E-state index in [4.69, 9.17) is 4.98 Å². The number of hydrogen-bond donors (Lipinski definition) is 1. The molecule has 0 aliphatic carbocycles. The summed E-state index contributed by atoms with van der Waals surface area (Å²) in [5.74, 6) is 0.755. The van der Waals surface area contributed by atoms with Crippen molar-refractivity contribution in [2.45, 2.75) is 19.5 Å². The van der Waals surface area contributed by atoms with Gasteiger partial charge < -0.3 is 4.98 Å². The topological polar surface area (TPSA) is 57.7 Å². The van der Waals surface area contributed by atoms with Crippen molar-refractivity contribution in [2.75, 3.05) is 6.54 Å². The molecule has 4 aromatic rings. The fraction of sp³-hybridized carbons (Fsp3) is 0.190. The summed E-state index contributed by atoms with van der Waals surface area (Å²) in [6.07, 6.45) is 8.68. The Bertz CT molecular complexity index is 1050. The molecule has 5 heteroatoms. The van der Waals surface area contributed by atoms with Crippen LogP contribution in [0.25, 0.3) is 22.3 Å². The number of hydrogen-bond acceptors (Lipinski definition) is 4. The lowest BCUT2D eigenvalue weighted by atomic mass is 10.1. The number of para-hydroxylation sites is 1. The highest BCUT2D eigenvalue weighted by Gasteiger charge is 2.20. The van der Waals surface area contributed by atoms with E-state index in [0.29, 0.717) is 0 Å². The second-order valence-corrected chi connectivity index (χ2v) is 6.73. The van der Waals surface area contributed by atoms with Crippen molar-refractivity contribution in [3.63, 3.8) is 0 Å². The Labute approximate surface area is 151 Å². The first-order valence-electron chi connectivity index (χ1n) is 8.89. The van der Waals surface area contributed by atoms with E-state index in [2.05, 4.69) is 50.3 Å². The summed E-state index contributed by atoms with van der Waals surface area (Å²) in [4.78, 5) is 19.4. The zero-order valence-electron chi connectivity index (χ0n) is 14.4. The van der Waals surface area contributed by atoms with Crippen LogP contribution in [0.1, 0.15) is 16.8 Å². The molecule has 1 N–H and O–H groups in total. The molecule has 1 aliphatic rings. The number of nitrogens with one attached hydrogen (secondary N) is 1. The van der Waals surface area contributed by atoms with Crippen molar-refractivity contribution in [1.29, 1.82) is 0 Å². The van der Waals surface area contributed by atoms with E-state index in [1.807, 2.05) is 24.5 Å². The Morgan fingerprint density at radius 3 is 2.96 bits per heavy atom. The van der Waals surface area contributed by atoms with Gasteiger partial charge in [-0.1, -0.05) is 18.2 Å². The molecule has 5 nitrogen and oxygen atoms in total. The molecule has 0 unspecified atom stereocenters. The van der Waals surface area contributed by atoms with E-state index in [-0.39, 0.29) is 0 Å². The van der Waals surface area contributed by atoms with E-state index in [1.165, 1.54) is 22.0 Å². The minimum Gasteiger partial charge on any atom is -0.361 e. The van der Waals surface area contributed by atoms with Gasteiger partial charge in [-0.3, -0.25) is 9.88 Å². The zero-order valence-corrected chi connectivity index (χ0v) is 14.4. The predicted octanol–water partition coefficient (Wildman–Crippen LogP) is 3.58. The van der Waals surface area contributed by atoms with E-state index < -0.39 is 0 Å². The van der Waals surface area contributed by atoms with Crippen LogP contribution < -0.4 is 0 Å². The van der Waals surface area contributed by atoms with Gasteiger partial charge in [0.15, 0.2) is 5.82 Å². The third-order valence-corrected chi connectivity index (χ3v) is 5.01. The Morgan fingerprint density at radius 1 is 1.08 bits per heavy atom. The van der Waals surface area contributed by atoms with Gasteiger partial charge in [-0.05, 0) is 35.7 Å². The maximum atomic E-state index is 4.82. The van der Waals surface area contributed by atoms with Crippen LogP contribution in [-0.2, 0) is 19.5 Å². The molecule has 0 fully saturated rings. The number of aromatic amines is 1. The molecule has 5 rings (SSSR count). The molecule has 128 valence electrons. The second kappa shape index (κ2) is 6.35. The van der Waals surface area contributed by atoms with Crippen molar-refractivity contribution in [3.05, 3.63) is 78.0 Å². The number of aromatic nitrogens is 4. The lowest BCUT2D eigenvalue weighted by Gasteiger charge is -2.27. The van der Waals surface area contributed by atoms with Crippen LogP contribution in [0.4, 0.5) is 0 Å². The van der Waals surface area contributed by atoms with E-state index >= 15 is 0 Å². The molecule has 4 heterocycles. The average Bonchev–Trinajstić information content (AvgIpc) is 3.11. The maximum Gasteiger partial charge on any atom is 0.160 e. The lowest BCUT2D eigenvalue weighted by Crippen LogP contribution is -2.31. The first-order valence-corrected chi connectivity index (χ1v) is 8.89. The van der Waals surface area contributed by atoms with Crippen LogP contribution in [0.15, 0.2) is 61.2 Å². The van der Waals surface area contributed by atoms with Crippen LogP contribution in [0.3, 0.4) is 0 Å². The molecule has 0 saturated carbocycles. The monoisotopic (exact) mass is 341 g/mol. The largest absolute Gasteiger partial charge is 0.361 e. The lowest BCUT2D eigenvalue weighted by molar-refractivity contribution is 0.242. The molecule has 0 saturated heterocycles. The highest BCUT2D eigenvalue weighted by molar-refractivity contribution is 5.82. The molecular formula is C21H19N5. The number of fused-ring (bicyclic) bond motifs is 2. The number of pyridine rings is 1. The molecule has 3 aromatic heterocycles. The molecule has 0 spiro atoms. The van der Waals surface area contributed by atoms with Gasteiger partial charge in [-0.2, -0.15) is 0 Å². The van der Waals surface area contributed by atoms with Crippen LogP contribution in [-0.4, -0.2) is 31.4 Å². The van der Waals surface area contributed by atoms with Crippen LogP contribution in [0, 0.1) is 0 Å². The SMILES string of the molecule is c1cncc(-c2ncc3c(n2)CN(Cc2c[nH]c4ccccc24)CC3)c1. The van der Waals surface area contributed by atoms with Crippen LogP contribution in [0.2, 0.25) is 0 Å². The Balaban J connectivity index is 1.40. The highest BCUT2D eigenvalue weighted by atomic mass is 15.1. The molecule has 0 amide bonds. The van der Waals surface area contributed by atoms with Crippen LogP contribution >= 0.6 is 0 Å². The summed E-state index contributed by atoms with van der Waals surface area (Å²) in [5.41, 5.74) is 5.88. The van der Waals surface area contributed by atoms with Gasteiger partial charge in [0, 0.05) is 60.9 Å². The van der Waals surface area contributed by atoms with Crippen molar-refractivity contribution in [3.8, 4) is 11.4 Å². The Morgan fingerprint density at radius 2 is 2.04 bits per heavy atom. The van der Waals surface area contributed by atoms with E-state index in [9.17, 15) is 0 Å². The minimum atomic E-state index is 0.755. The summed E-state index contributed by atoms with van der Waals surface area (Å²) in [5, 5.41) is 1.30. The molecule has 26 heavy (non-hydrogen) atoms. The summed E-state index contributed by atoms with van der Waals surface area (Å²) in [6.45, 7) is 2.81. The van der Waals surface area contributed by atoms with Crippen LogP contribution in [0.5, 0.6) is 0 Å². The summed E-state index contributed by atoms with van der Waals surface area (Å²) < 4.78 is 0. The smallest absolute Gasteiger partial charge is 0.160 e. The van der Waals surface area contributed by atoms with Gasteiger partial charge in [0.05, 0.1) is 5.69 Å². The Kier molecular flexibility index (Phi) is 3.72. The molecule has 1 aromatic carbocycles. The second-order valence-electron chi connectivity index (χ2n) is 6.73. The summed E-state index contributed by atoms with van der Waals surface area (Å²) in [6, 6.07) is 12.4. The first-order chi connectivity index (χ1) is 12.9. The zero-order chi connectivity index (χ0) is 17.3. The fourth-order valence-corrected chi connectivity index (χ4v) is 3.63. The number of H-pyrrole nitrogens is 1. The Hall–Kier alpha value is -3.05. The van der Waals surface area contributed by atoms with Gasteiger partial charge in [0.1, 0.15) is 0 Å². The van der Waals surface area contributed by atoms with Crippen molar-refractivity contribution >= 4 is 10.9 Å². The first kappa shape index (κ1) is 15.2. The summed E-state index contributed by atoms with van der Waals surface area (Å²) >= 11 is 0. The highest BCUT2D eigenvalue weighted by Crippen LogP contribution is 2.24.